The summed E-state index contributed by atoms with van der Waals surface area (Å²) in [5.74, 6) is -0.408. The average molecular weight is 314 g/mol. The number of likely N-dealkylation sites (N-methyl/N-ethyl adjacent to an activating group) is 1. The molecule has 0 bridgehead atoms. The number of halogens is 1. The molecule has 0 aromatic heterocycles. The highest BCUT2D eigenvalue weighted by atomic mass is 79.9. The molecule has 0 saturated carbocycles. The van der Waals surface area contributed by atoms with Crippen LogP contribution in [0.3, 0.4) is 0 Å². The van der Waals surface area contributed by atoms with E-state index in [0.717, 1.165) is 10.0 Å². The van der Waals surface area contributed by atoms with Crippen molar-refractivity contribution in [3.05, 3.63) is 34.3 Å². The molecule has 4 nitrogen and oxygen atoms in total. The molecule has 0 radical (unpaired) electrons. The quantitative estimate of drug-likeness (QED) is 0.860. The summed E-state index contributed by atoms with van der Waals surface area (Å²) in [5.41, 5.74) is 0.970. The van der Waals surface area contributed by atoms with E-state index in [-0.39, 0.29) is 17.9 Å². The number of carbonyl (C=O) groups is 1. The third kappa shape index (κ3) is 3.31. The molecule has 2 atom stereocenters. The minimum absolute atomic E-state index is 0.0556. The number of nitrogens with one attached hydrogen (secondary N) is 1. The topological polar surface area (TPSA) is 47.6 Å². The van der Waals surface area contributed by atoms with E-state index < -0.39 is 0 Å². The number of ether oxygens (including phenoxy) is 2. The Morgan fingerprint density at radius 2 is 2.39 bits per heavy atom. The zero-order chi connectivity index (χ0) is 13.0. The number of benzene rings is 1. The Morgan fingerprint density at radius 1 is 1.56 bits per heavy atom. The van der Waals surface area contributed by atoms with Crippen LogP contribution >= 0.6 is 15.9 Å². The van der Waals surface area contributed by atoms with E-state index in [1.54, 1.807) is 0 Å². The molecule has 2 rings (SSSR count). The van der Waals surface area contributed by atoms with Gasteiger partial charge in [0.2, 0.25) is 0 Å². The van der Waals surface area contributed by atoms with Crippen molar-refractivity contribution < 1.29 is 14.3 Å². The van der Waals surface area contributed by atoms with Gasteiger partial charge < -0.3 is 14.8 Å². The molecule has 1 aliphatic rings. The Hall–Kier alpha value is -0.910. The lowest BCUT2D eigenvalue weighted by atomic mass is 10.0. The lowest BCUT2D eigenvalue weighted by molar-refractivity contribution is -0.150. The van der Waals surface area contributed by atoms with Crippen molar-refractivity contribution in [3.63, 3.8) is 0 Å². The molecule has 0 aliphatic carbocycles. The lowest BCUT2D eigenvalue weighted by Gasteiger charge is -2.15. The smallest absolute Gasteiger partial charge is 0.313 e. The van der Waals surface area contributed by atoms with E-state index >= 15 is 0 Å². The van der Waals surface area contributed by atoms with Crippen LogP contribution in [0.15, 0.2) is 28.7 Å². The minimum Gasteiger partial charge on any atom is -0.460 e. The van der Waals surface area contributed by atoms with E-state index in [2.05, 4.69) is 21.2 Å². The monoisotopic (exact) mass is 313 g/mol. The first kappa shape index (κ1) is 13.5. The fourth-order valence-corrected chi connectivity index (χ4v) is 2.41. The maximum absolute atomic E-state index is 11.9. The second-order valence-electron chi connectivity index (χ2n) is 4.28. The predicted molar refractivity (Wildman–Crippen MR) is 71.1 cm³/mol. The van der Waals surface area contributed by atoms with Crippen molar-refractivity contribution in [2.45, 2.75) is 12.6 Å². The van der Waals surface area contributed by atoms with Gasteiger partial charge in [-0.25, -0.2) is 0 Å². The number of esters is 1. The van der Waals surface area contributed by atoms with E-state index in [4.69, 9.17) is 9.47 Å². The number of carbonyl (C=O) groups excluding carboxylic acids is 1. The third-order valence-electron chi connectivity index (χ3n) is 3.02. The Labute approximate surface area is 115 Å². The first-order chi connectivity index (χ1) is 8.70. The molecule has 98 valence electrons. The van der Waals surface area contributed by atoms with Crippen LogP contribution in [-0.4, -0.2) is 32.3 Å². The number of hydrogen-bond acceptors (Lipinski definition) is 4. The largest absolute Gasteiger partial charge is 0.460 e. The SMILES string of the molecule is CNC1COCC1C(=O)OCc1cccc(Br)c1. The third-order valence-corrected chi connectivity index (χ3v) is 3.52. The van der Waals surface area contributed by atoms with Crippen LogP contribution in [0, 0.1) is 5.92 Å². The van der Waals surface area contributed by atoms with Crippen molar-refractivity contribution in [1.29, 1.82) is 0 Å². The van der Waals surface area contributed by atoms with Crippen LogP contribution < -0.4 is 5.32 Å². The van der Waals surface area contributed by atoms with Crippen LogP contribution in [0.2, 0.25) is 0 Å². The van der Waals surface area contributed by atoms with Crippen molar-refractivity contribution >= 4 is 21.9 Å². The van der Waals surface area contributed by atoms with Gasteiger partial charge in [0.1, 0.15) is 6.61 Å². The Balaban J connectivity index is 1.88. The minimum atomic E-state index is -0.206. The average Bonchev–Trinajstić information content (AvgIpc) is 2.84. The fourth-order valence-electron chi connectivity index (χ4n) is 1.96. The molecule has 18 heavy (non-hydrogen) atoms. The van der Waals surface area contributed by atoms with Crippen molar-refractivity contribution in [1.82, 2.24) is 5.32 Å². The molecule has 1 aliphatic heterocycles. The van der Waals surface area contributed by atoms with Crippen LogP contribution in [0.5, 0.6) is 0 Å². The predicted octanol–water partition coefficient (Wildman–Crippen LogP) is 1.73. The summed E-state index contributed by atoms with van der Waals surface area (Å²) < 4.78 is 11.6. The normalized spacial score (nSPS) is 23.0. The lowest BCUT2D eigenvalue weighted by Crippen LogP contribution is -2.37. The molecular formula is C13H16BrNO3. The summed E-state index contributed by atoms with van der Waals surface area (Å²) in [4.78, 5) is 11.9. The number of hydrogen-bond donors (Lipinski definition) is 1. The molecule has 1 saturated heterocycles. The standard InChI is InChI=1S/C13H16BrNO3/c1-15-12-8-17-7-11(12)13(16)18-6-9-3-2-4-10(14)5-9/h2-5,11-12,15H,6-8H2,1H3. The highest BCUT2D eigenvalue weighted by molar-refractivity contribution is 9.10. The zero-order valence-corrected chi connectivity index (χ0v) is 11.8. The second kappa shape index (κ2) is 6.31. The summed E-state index contributed by atoms with van der Waals surface area (Å²) in [7, 11) is 1.83. The Bertz CT molecular complexity index is 424. The summed E-state index contributed by atoms with van der Waals surface area (Å²) >= 11 is 3.39. The van der Waals surface area contributed by atoms with Crippen molar-refractivity contribution in [2.75, 3.05) is 20.3 Å². The summed E-state index contributed by atoms with van der Waals surface area (Å²) in [6, 6.07) is 7.78. The molecule has 2 unspecified atom stereocenters. The maximum atomic E-state index is 11.9. The van der Waals surface area contributed by atoms with Gasteiger partial charge in [-0.1, -0.05) is 28.1 Å². The number of rotatable bonds is 4. The van der Waals surface area contributed by atoms with Gasteiger partial charge in [0, 0.05) is 10.5 Å². The van der Waals surface area contributed by atoms with Crippen LogP contribution in [0.1, 0.15) is 5.56 Å². The van der Waals surface area contributed by atoms with Crippen molar-refractivity contribution in [3.8, 4) is 0 Å². The van der Waals surface area contributed by atoms with Crippen LogP contribution in [0.25, 0.3) is 0 Å². The molecule has 1 aromatic rings. The van der Waals surface area contributed by atoms with Gasteiger partial charge >= 0.3 is 5.97 Å². The molecule has 1 fully saturated rings. The fraction of sp³-hybridized carbons (Fsp3) is 0.462. The first-order valence-corrected chi connectivity index (χ1v) is 6.66. The van der Waals surface area contributed by atoms with Gasteiger partial charge in [0.25, 0.3) is 0 Å². The molecule has 1 aromatic carbocycles. The molecular weight excluding hydrogens is 298 g/mol. The Morgan fingerprint density at radius 3 is 3.11 bits per heavy atom. The van der Waals surface area contributed by atoms with Gasteiger partial charge in [-0.05, 0) is 24.7 Å². The molecule has 5 heteroatoms. The zero-order valence-electron chi connectivity index (χ0n) is 10.2. The van der Waals surface area contributed by atoms with Gasteiger partial charge in [0.05, 0.1) is 19.1 Å². The molecule has 1 heterocycles. The van der Waals surface area contributed by atoms with E-state index in [1.165, 1.54) is 0 Å². The van der Waals surface area contributed by atoms with Gasteiger partial charge in [-0.2, -0.15) is 0 Å². The van der Waals surface area contributed by atoms with E-state index in [0.29, 0.717) is 19.8 Å². The Kier molecular flexibility index (Phi) is 4.74. The summed E-state index contributed by atoms with van der Waals surface area (Å²) in [6.45, 7) is 1.29. The first-order valence-electron chi connectivity index (χ1n) is 5.87. The summed E-state index contributed by atoms with van der Waals surface area (Å²) in [6.07, 6.45) is 0. The van der Waals surface area contributed by atoms with E-state index in [1.807, 2.05) is 31.3 Å². The molecule has 0 spiro atoms. The van der Waals surface area contributed by atoms with Gasteiger partial charge in [-0.3, -0.25) is 4.79 Å². The summed E-state index contributed by atoms with van der Waals surface area (Å²) in [5, 5.41) is 3.07. The maximum Gasteiger partial charge on any atom is 0.313 e. The highest BCUT2D eigenvalue weighted by Crippen LogP contribution is 2.17. The van der Waals surface area contributed by atoms with Gasteiger partial charge in [0.15, 0.2) is 0 Å². The molecule has 0 amide bonds. The van der Waals surface area contributed by atoms with Crippen molar-refractivity contribution in [2.24, 2.45) is 5.92 Å². The second-order valence-corrected chi connectivity index (χ2v) is 5.19. The van der Waals surface area contributed by atoms with Crippen LogP contribution in [-0.2, 0) is 20.9 Å². The highest BCUT2D eigenvalue weighted by Gasteiger charge is 2.34. The molecule has 1 N–H and O–H groups in total. The van der Waals surface area contributed by atoms with Crippen LogP contribution in [0.4, 0.5) is 0 Å². The van der Waals surface area contributed by atoms with E-state index in [9.17, 15) is 4.79 Å². The van der Waals surface area contributed by atoms with Gasteiger partial charge in [-0.15, -0.1) is 0 Å².